The molecule has 15 heavy (non-hydrogen) atoms. The Labute approximate surface area is 94.1 Å². The van der Waals surface area contributed by atoms with Gasteiger partial charge in [0.2, 0.25) is 0 Å². The number of hydrogen-bond acceptors (Lipinski definition) is 5. The number of aliphatic hydroxyl groups is 1. The van der Waals surface area contributed by atoms with Gasteiger partial charge in [0.15, 0.2) is 5.16 Å². The molecule has 0 aliphatic heterocycles. The Hall–Kier alpha value is -0.650. The van der Waals surface area contributed by atoms with Gasteiger partial charge in [-0.2, -0.15) is 0 Å². The van der Waals surface area contributed by atoms with Crippen molar-refractivity contribution < 1.29 is 9.84 Å². The average molecular weight is 228 g/mol. The maximum absolute atomic E-state index is 9.49. The summed E-state index contributed by atoms with van der Waals surface area (Å²) in [4.78, 5) is 8.26. The normalized spacial score (nSPS) is 12.7. The molecule has 5 heteroatoms. The van der Waals surface area contributed by atoms with E-state index in [0.29, 0.717) is 24.1 Å². The van der Waals surface area contributed by atoms with Crippen molar-refractivity contribution in [2.24, 2.45) is 0 Å². The Morgan fingerprint density at radius 3 is 2.73 bits per heavy atom. The fourth-order valence-corrected chi connectivity index (χ4v) is 1.62. The highest BCUT2D eigenvalue weighted by atomic mass is 32.2. The minimum Gasteiger partial charge on any atom is -0.390 e. The van der Waals surface area contributed by atoms with Crippen molar-refractivity contribution in [3.05, 3.63) is 18.0 Å². The minimum absolute atomic E-state index is 0.370. The molecular weight excluding hydrogens is 212 g/mol. The van der Waals surface area contributed by atoms with E-state index < -0.39 is 6.10 Å². The maximum atomic E-state index is 9.49. The summed E-state index contributed by atoms with van der Waals surface area (Å²) in [5, 5.41) is 10.2. The monoisotopic (exact) mass is 228 g/mol. The summed E-state index contributed by atoms with van der Waals surface area (Å²) < 4.78 is 5.10. The minimum atomic E-state index is -0.458. The topological polar surface area (TPSA) is 55.2 Å². The molecule has 0 saturated heterocycles. The first-order valence-corrected chi connectivity index (χ1v) is 5.88. The Morgan fingerprint density at radius 1 is 1.47 bits per heavy atom. The second-order valence-corrected chi connectivity index (χ2v) is 4.15. The summed E-state index contributed by atoms with van der Waals surface area (Å²) >= 11 is 1.44. The third-order valence-electron chi connectivity index (χ3n) is 1.68. The second kappa shape index (κ2) is 6.76. The van der Waals surface area contributed by atoms with Gasteiger partial charge in [-0.05, 0) is 19.4 Å². The molecule has 0 aliphatic carbocycles. The molecule has 1 aromatic heterocycles. The van der Waals surface area contributed by atoms with Crippen LogP contribution >= 0.6 is 11.8 Å². The lowest BCUT2D eigenvalue weighted by Gasteiger charge is -2.08. The molecule has 1 aromatic rings. The highest BCUT2D eigenvalue weighted by Gasteiger charge is 2.06. The molecular formula is C10H16N2O2S. The quantitative estimate of drug-likeness (QED) is 0.587. The first-order valence-electron chi connectivity index (χ1n) is 4.89. The van der Waals surface area contributed by atoms with Crippen molar-refractivity contribution >= 4 is 11.8 Å². The van der Waals surface area contributed by atoms with E-state index >= 15 is 0 Å². The summed E-state index contributed by atoms with van der Waals surface area (Å²) in [6, 6.07) is 0. The molecule has 0 radical (unpaired) electrons. The number of hydrogen-bond donors (Lipinski definition) is 1. The molecule has 4 nitrogen and oxygen atoms in total. The molecule has 1 atom stereocenters. The second-order valence-electron chi connectivity index (χ2n) is 3.17. The predicted molar refractivity (Wildman–Crippen MR) is 60.0 cm³/mol. The molecule has 0 amide bonds. The van der Waals surface area contributed by atoms with E-state index in [4.69, 9.17) is 4.74 Å². The van der Waals surface area contributed by atoms with E-state index in [2.05, 4.69) is 9.97 Å². The fraction of sp³-hybridized carbons (Fsp3) is 0.600. The van der Waals surface area contributed by atoms with Crippen LogP contribution in [0.5, 0.6) is 0 Å². The number of rotatable bonds is 6. The smallest absolute Gasteiger partial charge is 0.187 e. The first kappa shape index (κ1) is 12.4. The molecule has 0 saturated carbocycles. The van der Waals surface area contributed by atoms with E-state index in [1.165, 1.54) is 11.8 Å². The summed E-state index contributed by atoms with van der Waals surface area (Å²) in [5.41, 5.74) is 1.04. The zero-order valence-corrected chi connectivity index (χ0v) is 9.83. The van der Waals surface area contributed by atoms with E-state index in [1.807, 2.05) is 13.8 Å². The third-order valence-corrected chi connectivity index (χ3v) is 2.70. The van der Waals surface area contributed by atoms with Gasteiger partial charge in [-0.15, -0.1) is 0 Å². The SMILES string of the molecule is CCOCC(O)CSc1ncc(C)cn1. The highest BCUT2D eigenvalue weighted by molar-refractivity contribution is 7.99. The number of aryl methyl sites for hydroxylation is 1. The van der Waals surface area contributed by atoms with Gasteiger partial charge in [-0.25, -0.2) is 9.97 Å². The van der Waals surface area contributed by atoms with E-state index in [-0.39, 0.29) is 0 Å². The van der Waals surface area contributed by atoms with Gasteiger partial charge in [0, 0.05) is 24.8 Å². The van der Waals surface area contributed by atoms with Gasteiger partial charge in [0.25, 0.3) is 0 Å². The van der Waals surface area contributed by atoms with Crippen LogP contribution in [0.15, 0.2) is 17.6 Å². The molecule has 0 spiro atoms. The number of thioether (sulfide) groups is 1. The van der Waals surface area contributed by atoms with Gasteiger partial charge in [-0.3, -0.25) is 0 Å². The van der Waals surface area contributed by atoms with E-state index in [9.17, 15) is 5.11 Å². The lowest BCUT2D eigenvalue weighted by atomic mass is 10.4. The van der Waals surface area contributed by atoms with Crippen LogP contribution in [-0.4, -0.2) is 40.1 Å². The number of aromatic nitrogens is 2. The van der Waals surface area contributed by atoms with Crippen LogP contribution in [0.4, 0.5) is 0 Å². The number of nitrogens with zero attached hydrogens (tertiary/aromatic N) is 2. The Kier molecular flexibility index (Phi) is 5.60. The van der Waals surface area contributed by atoms with Crippen molar-refractivity contribution in [2.45, 2.75) is 25.1 Å². The zero-order chi connectivity index (χ0) is 11.1. The van der Waals surface area contributed by atoms with Crippen molar-refractivity contribution in [1.82, 2.24) is 9.97 Å². The maximum Gasteiger partial charge on any atom is 0.187 e. The van der Waals surface area contributed by atoms with Crippen molar-refractivity contribution in [1.29, 1.82) is 0 Å². The van der Waals surface area contributed by atoms with Crippen LogP contribution in [0.2, 0.25) is 0 Å². The van der Waals surface area contributed by atoms with Crippen LogP contribution in [0.1, 0.15) is 12.5 Å². The lowest BCUT2D eigenvalue weighted by molar-refractivity contribution is 0.0551. The van der Waals surface area contributed by atoms with Gasteiger partial charge in [-0.1, -0.05) is 11.8 Å². The first-order chi connectivity index (χ1) is 7.22. The van der Waals surface area contributed by atoms with Crippen molar-refractivity contribution in [3.63, 3.8) is 0 Å². The number of aliphatic hydroxyl groups excluding tert-OH is 1. The van der Waals surface area contributed by atoms with Crippen molar-refractivity contribution in [3.8, 4) is 0 Å². The third kappa shape index (κ3) is 5.11. The fourth-order valence-electron chi connectivity index (χ4n) is 0.928. The summed E-state index contributed by atoms with van der Waals surface area (Å²) in [6.45, 7) is 4.85. The highest BCUT2D eigenvalue weighted by Crippen LogP contribution is 2.13. The Bertz CT molecular complexity index is 279. The summed E-state index contributed by atoms with van der Waals surface area (Å²) in [6.07, 6.45) is 3.08. The Balaban J connectivity index is 2.27. The molecule has 1 heterocycles. The molecule has 0 aromatic carbocycles. The number of ether oxygens (including phenoxy) is 1. The largest absolute Gasteiger partial charge is 0.390 e. The zero-order valence-electron chi connectivity index (χ0n) is 9.01. The van der Waals surface area contributed by atoms with Crippen molar-refractivity contribution in [2.75, 3.05) is 19.0 Å². The van der Waals surface area contributed by atoms with Gasteiger partial charge in [0.1, 0.15) is 0 Å². The van der Waals surface area contributed by atoms with Gasteiger partial charge in [0.05, 0.1) is 12.7 Å². The van der Waals surface area contributed by atoms with Crippen LogP contribution < -0.4 is 0 Å². The molecule has 84 valence electrons. The van der Waals surface area contributed by atoms with E-state index in [0.717, 1.165) is 5.56 Å². The molecule has 0 fully saturated rings. The predicted octanol–water partition coefficient (Wildman–Crippen LogP) is 1.27. The molecule has 0 bridgehead atoms. The van der Waals surface area contributed by atoms with Crippen LogP contribution in [0.3, 0.4) is 0 Å². The van der Waals surface area contributed by atoms with Gasteiger partial charge >= 0.3 is 0 Å². The summed E-state index contributed by atoms with van der Waals surface area (Å²) in [5.74, 6) is 0.559. The van der Waals surface area contributed by atoms with Crippen LogP contribution in [0.25, 0.3) is 0 Å². The van der Waals surface area contributed by atoms with E-state index in [1.54, 1.807) is 12.4 Å². The van der Waals surface area contributed by atoms with Crippen LogP contribution in [0, 0.1) is 6.92 Å². The van der Waals surface area contributed by atoms with Crippen LogP contribution in [-0.2, 0) is 4.74 Å². The summed E-state index contributed by atoms with van der Waals surface area (Å²) in [7, 11) is 0. The van der Waals surface area contributed by atoms with Gasteiger partial charge < -0.3 is 9.84 Å². The lowest BCUT2D eigenvalue weighted by Crippen LogP contribution is -2.18. The average Bonchev–Trinajstić information content (AvgIpc) is 2.25. The molecule has 0 aliphatic rings. The molecule has 1 rings (SSSR count). The Morgan fingerprint density at radius 2 is 2.13 bits per heavy atom. The standard InChI is InChI=1S/C10H16N2O2S/c1-3-14-6-9(13)7-15-10-11-4-8(2)5-12-10/h4-5,9,13H,3,6-7H2,1-2H3. The molecule has 1 unspecified atom stereocenters. The molecule has 1 N–H and O–H groups in total.